The lowest BCUT2D eigenvalue weighted by Gasteiger charge is -2.34. The van der Waals surface area contributed by atoms with Gasteiger partial charge < -0.3 is 29.2 Å². The predicted molar refractivity (Wildman–Crippen MR) is 173 cm³/mol. The van der Waals surface area contributed by atoms with Gasteiger partial charge in [0.25, 0.3) is 5.91 Å². The van der Waals surface area contributed by atoms with Gasteiger partial charge in [-0.15, -0.1) is 0 Å². The molecule has 0 saturated carbocycles. The van der Waals surface area contributed by atoms with E-state index in [4.69, 9.17) is 14.5 Å². The average molecular weight is 638 g/mol. The number of likely N-dealkylation sites (tertiary alicyclic amines) is 1. The summed E-state index contributed by atoms with van der Waals surface area (Å²) in [5, 5.41) is 3.56. The zero-order chi connectivity index (χ0) is 32.5. The molecule has 8 nitrogen and oxygen atoms in total. The van der Waals surface area contributed by atoms with Crippen molar-refractivity contribution in [3.05, 3.63) is 90.0 Å². The minimum absolute atomic E-state index is 0.00364. The van der Waals surface area contributed by atoms with Crippen LogP contribution in [0.3, 0.4) is 0 Å². The van der Waals surface area contributed by atoms with E-state index in [9.17, 15) is 18.0 Å². The van der Waals surface area contributed by atoms with Gasteiger partial charge in [-0.3, -0.25) is 4.79 Å². The molecule has 1 saturated heterocycles. The van der Waals surface area contributed by atoms with E-state index in [0.29, 0.717) is 18.1 Å². The number of benzene rings is 3. The molecular weight excluding hydrogens is 595 g/mol. The summed E-state index contributed by atoms with van der Waals surface area (Å²) < 4.78 is 49.9. The highest BCUT2D eigenvalue weighted by Gasteiger charge is 2.28. The molecule has 46 heavy (non-hydrogen) atoms. The molecule has 1 aliphatic rings. The molecule has 0 radical (unpaired) electrons. The Morgan fingerprint density at radius 1 is 1.00 bits per heavy atom. The van der Waals surface area contributed by atoms with Crippen molar-refractivity contribution in [3.63, 3.8) is 0 Å². The number of likely N-dealkylation sites (N-methyl/N-ethyl adjacent to an activating group) is 1. The zero-order valence-corrected chi connectivity index (χ0v) is 26.4. The third-order valence-corrected chi connectivity index (χ3v) is 8.54. The average Bonchev–Trinajstić information content (AvgIpc) is 3.41. The maximum atomic E-state index is 13.1. The first-order valence-corrected chi connectivity index (χ1v) is 15.7. The van der Waals surface area contributed by atoms with E-state index in [0.717, 1.165) is 55.7 Å². The van der Waals surface area contributed by atoms with Gasteiger partial charge in [-0.05, 0) is 67.8 Å². The second-order valence-corrected chi connectivity index (χ2v) is 11.8. The van der Waals surface area contributed by atoms with Gasteiger partial charge in [0.15, 0.2) is 0 Å². The summed E-state index contributed by atoms with van der Waals surface area (Å²) in [6.07, 6.45) is -1.64. The number of halogens is 3. The number of hydrogen-bond acceptors (Lipinski definition) is 6. The number of carbonyl (C=O) groups is 1. The van der Waals surface area contributed by atoms with Crippen LogP contribution >= 0.6 is 0 Å². The third-order valence-electron chi connectivity index (χ3n) is 8.54. The number of amides is 1. The Kier molecular flexibility index (Phi) is 11.2. The molecule has 1 fully saturated rings. The van der Waals surface area contributed by atoms with E-state index >= 15 is 0 Å². The first-order chi connectivity index (χ1) is 22.2. The Balaban J connectivity index is 1.18. The Labute approximate surface area is 268 Å². The highest BCUT2D eigenvalue weighted by molar-refractivity contribution is 5.94. The van der Waals surface area contributed by atoms with Crippen LogP contribution in [0.1, 0.15) is 41.1 Å². The first-order valence-electron chi connectivity index (χ1n) is 15.7. The number of para-hydroxylation sites is 2. The Hall–Kier alpha value is -4.09. The molecule has 4 aromatic rings. The predicted octanol–water partition coefficient (Wildman–Crippen LogP) is 6.45. The van der Waals surface area contributed by atoms with Crippen LogP contribution in [-0.2, 0) is 11.3 Å². The minimum Gasteiger partial charge on any atom is -0.497 e. The largest absolute Gasteiger partial charge is 0.497 e. The van der Waals surface area contributed by atoms with Gasteiger partial charge >= 0.3 is 6.18 Å². The maximum absolute atomic E-state index is 13.1. The fraction of sp³-hybridized carbons (Fsp3) is 0.429. The van der Waals surface area contributed by atoms with Crippen molar-refractivity contribution in [3.8, 4) is 5.75 Å². The summed E-state index contributed by atoms with van der Waals surface area (Å²) >= 11 is 0. The smallest absolute Gasteiger partial charge is 0.411 e. The molecule has 0 bridgehead atoms. The fourth-order valence-electron chi connectivity index (χ4n) is 6.03. The SMILES string of the molecule is COc1ccc(C(CCN2CCC(Nc3nc4ccccc4n3CCOCC(F)(F)F)CC2)CN(C)C(=O)c2ccccc2)cc1. The van der Waals surface area contributed by atoms with Crippen molar-refractivity contribution in [1.29, 1.82) is 0 Å². The summed E-state index contributed by atoms with van der Waals surface area (Å²) in [5.74, 6) is 1.61. The standard InChI is InChI=1S/C35H42F3N5O3/c1-41(33(44)27-8-4-3-5-9-27)24-28(26-12-14-30(45-2)15-13-26)16-19-42-20-17-29(18-21-42)39-34-40-31-10-6-7-11-32(31)43(34)22-23-46-25-35(36,37)38/h3-15,28-29H,16-25H2,1-2H3,(H,39,40). The molecule has 0 spiro atoms. The van der Waals surface area contributed by atoms with Crippen molar-refractivity contribution in [1.82, 2.24) is 19.4 Å². The van der Waals surface area contributed by atoms with Crippen LogP contribution in [0.2, 0.25) is 0 Å². The van der Waals surface area contributed by atoms with E-state index in [1.165, 1.54) is 5.56 Å². The van der Waals surface area contributed by atoms with E-state index in [2.05, 4.69) is 22.3 Å². The topological polar surface area (TPSA) is 71.9 Å². The lowest BCUT2D eigenvalue weighted by molar-refractivity contribution is -0.174. The maximum Gasteiger partial charge on any atom is 0.411 e. The highest BCUT2D eigenvalue weighted by Crippen LogP contribution is 2.27. The molecular formula is C35H42F3N5O3. The number of carbonyl (C=O) groups excluding carboxylic acids is 1. The number of aromatic nitrogens is 2. The number of nitrogens with zero attached hydrogens (tertiary/aromatic N) is 4. The number of piperidine rings is 1. The van der Waals surface area contributed by atoms with Crippen LogP contribution in [0.25, 0.3) is 11.0 Å². The summed E-state index contributed by atoms with van der Waals surface area (Å²) in [6.45, 7) is 2.24. The molecule has 1 aliphatic heterocycles. The first kappa shape index (κ1) is 33.3. The van der Waals surface area contributed by atoms with Crippen LogP contribution in [0, 0.1) is 0 Å². The second-order valence-electron chi connectivity index (χ2n) is 11.8. The normalized spacial score (nSPS) is 15.2. The zero-order valence-electron chi connectivity index (χ0n) is 26.4. The number of rotatable bonds is 14. The van der Waals surface area contributed by atoms with Crippen molar-refractivity contribution in [2.45, 2.75) is 43.9 Å². The number of methoxy groups -OCH3 is 1. The third kappa shape index (κ3) is 9.01. The van der Waals surface area contributed by atoms with Gasteiger partial charge in [-0.1, -0.05) is 42.5 Å². The van der Waals surface area contributed by atoms with Gasteiger partial charge in [-0.2, -0.15) is 13.2 Å². The van der Waals surface area contributed by atoms with Gasteiger partial charge in [0.1, 0.15) is 12.4 Å². The molecule has 5 rings (SSSR count). The molecule has 2 heterocycles. The van der Waals surface area contributed by atoms with E-state index in [1.54, 1.807) is 12.0 Å². The molecule has 246 valence electrons. The van der Waals surface area contributed by atoms with E-state index in [-0.39, 0.29) is 31.0 Å². The highest BCUT2D eigenvalue weighted by atomic mass is 19.4. The molecule has 1 N–H and O–H groups in total. The Morgan fingerprint density at radius 3 is 2.39 bits per heavy atom. The Morgan fingerprint density at radius 2 is 1.70 bits per heavy atom. The summed E-state index contributed by atoms with van der Waals surface area (Å²) in [5.41, 5.74) is 3.50. The number of imidazole rings is 1. The molecule has 1 atom stereocenters. The van der Waals surface area contributed by atoms with Crippen molar-refractivity contribution >= 4 is 22.9 Å². The van der Waals surface area contributed by atoms with E-state index < -0.39 is 12.8 Å². The lowest BCUT2D eigenvalue weighted by atomic mass is 9.94. The number of nitrogens with one attached hydrogen (secondary N) is 1. The Bertz CT molecular complexity index is 1540. The summed E-state index contributed by atoms with van der Waals surface area (Å²) in [7, 11) is 3.51. The molecule has 11 heteroatoms. The number of alkyl halides is 3. The van der Waals surface area contributed by atoms with Crippen LogP contribution < -0.4 is 10.1 Å². The summed E-state index contributed by atoms with van der Waals surface area (Å²) in [6, 6.07) is 25.3. The van der Waals surface area contributed by atoms with Crippen LogP contribution in [0.5, 0.6) is 5.75 Å². The monoisotopic (exact) mass is 637 g/mol. The summed E-state index contributed by atoms with van der Waals surface area (Å²) in [4.78, 5) is 22.1. The number of anilines is 1. The van der Waals surface area contributed by atoms with Crippen LogP contribution in [0.15, 0.2) is 78.9 Å². The van der Waals surface area contributed by atoms with Gasteiger partial charge in [-0.25, -0.2) is 4.98 Å². The number of ether oxygens (including phenoxy) is 2. The van der Waals surface area contributed by atoms with E-state index in [1.807, 2.05) is 78.3 Å². The van der Waals surface area contributed by atoms with Crippen molar-refractivity contribution in [2.75, 3.05) is 58.9 Å². The van der Waals surface area contributed by atoms with Crippen molar-refractivity contribution < 1.29 is 27.4 Å². The van der Waals surface area contributed by atoms with Crippen molar-refractivity contribution in [2.24, 2.45) is 0 Å². The second kappa shape index (κ2) is 15.5. The minimum atomic E-state index is -4.35. The molecule has 3 aromatic carbocycles. The molecule has 1 aromatic heterocycles. The lowest BCUT2D eigenvalue weighted by Crippen LogP contribution is -2.40. The van der Waals surface area contributed by atoms with Crippen LogP contribution in [0.4, 0.5) is 19.1 Å². The quantitative estimate of drug-likeness (QED) is 0.160. The van der Waals surface area contributed by atoms with Gasteiger partial charge in [0.05, 0.1) is 24.8 Å². The molecule has 1 unspecified atom stereocenters. The molecule has 0 aliphatic carbocycles. The van der Waals surface area contributed by atoms with Gasteiger partial charge in [0, 0.05) is 50.7 Å². The fourth-order valence-corrected chi connectivity index (χ4v) is 6.03. The molecule has 1 amide bonds. The van der Waals surface area contributed by atoms with Gasteiger partial charge in [0.2, 0.25) is 5.95 Å². The van der Waals surface area contributed by atoms with Crippen LogP contribution in [-0.4, -0.2) is 91.0 Å². The number of fused-ring (bicyclic) bond motifs is 1. The number of hydrogen-bond donors (Lipinski definition) is 1.